The van der Waals surface area contributed by atoms with Gasteiger partial charge < -0.3 is 9.88 Å². The molecule has 1 unspecified atom stereocenters. The number of imidazole rings is 1. The molecule has 0 radical (unpaired) electrons. The molecule has 1 N–H and O–H groups in total. The molecule has 13 heavy (non-hydrogen) atoms. The number of hydrogen-bond donors (Lipinski definition) is 1. The van der Waals surface area contributed by atoms with Crippen LogP contribution in [0.2, 0.25) is 0 Å². The first-order valence-corrected chi connectivity index (χ1v) is 4.96. The predicted octanol–water partition coefficient (Wildman–Crippen LogP) is 2.24. The van der Waals surface area contributed by atoms with Crippen LogP contribution in [0.15, 0.2) is 12.4 Å². The van der Waals surface area contributed by atoms with Gasteiger partial charge in [-0.15, -0.1) is 11.6 Å². The predicted molar refractivity (Wildman–Crippen MR) is 56.2 cm³/mol. The smallest absolute Gasteiger partial charge is 0.202 e. The quantitative estimate of drug-likeness (QED) is 0.758. The second-order valence-corrected chi connectivity index (χ2v) is 3.80. The highest BCUT2D eigenvalue weighted by Gasteiger charge is 2.21. The number of nitrogens with zero attached hydrogens (tertiary/aromatic N) is 2. The zero-order valence-corrected chi connectivity index (χ0v) is 9.10. The largest absolute Gasteiger partial charge is 0.349 e. The molecule has 0 saturated heterocycles. The molecule has 0 amide bonds. The molecule has 0 aliphatic heterocycles. The molecule has 4 heteroatoms. The van der Waals surface area contributed by atoms with Crippen molar-refractivity contribution in [3.05, 3.63) is 12.4 Å². The Morgan fingerprint density at radius 2 is 2.38 bits per heavy atom. The van der Waals surface area contributed by atoms with Gasteiger partial charge in [-0.05, 0) is 13.3 Å². The molecule has 0 aliphatic carbocycles. The van der Waals surface area contributed by atoms with E-state index in [1.54, 1.807) is 6.20 Å². The van der Waals surface area contributed by atoms with E-state index in [0.29, 0.717) is 5.88 Å². The third-order valence-corrected chi connectivity index (χ3v) is 2.90. The summed E-state index contributed by atoms with van der Waals surface area (Å²) in [5, 5.41) is 3.32. The van der Waals surface area contributed by atoms with E-state index in [9.17, 15) is 0 Å². The van der Waals surface area contributed by atoms with Gasteiger partial charge >= 0.3 is 0 Å². The van der Waals surface area contributed by atoms with Crippen LogP contribution in [0.3, 0.4) is 0 Å². The van der Waals surface area contributed by atoms with Gasteiger partial charge in [0.15, 0.2) is 0 Å². The Bertz CT molecular complexity index is 266. The van der Waals surface area contributed by atoms with E-state index in [0.717, 1.165) is 12.4 Å². The molecular weight excluding hydrogens is 186 g/mol. The van der Waals surface area contributed by atoms with Gasteiger partial charge in [-0.3, -0.25) is 0 Å². The maximum atomic E-state index is 5.88. The van der Waals surface area contributed by atoms with Crippen LogP contribution in [-0.2, 0) is 7.05 Å². The lowest BCUT2D eigenvalue weighted by Gasteiger charge is -2.27. The molecule has 0 fully saturated rings. The van der Waals surface area contributed by atoms with Crippen molar-refractivity contribution in [2.75, 3.05) is 11.2 Å². The topological polar surface area (TPSA) is 29.9 Å². The van der Waals surface area contributed by atoms with E-state index < -0.39 is 0 Å². The Labute approximate surface area is 84.1 Å². The lowest BCUT2D eigenvalue weighted by atomic mass is 10.0. The number of rotatable bonds is 4. The van der Waals surface area contributed by atoms with Crippen LogP contribution < -0.4 is 5.32 Å². The SMILES string of the molecule is CCC(C)(CCl)Nc1nccn1C. The van der Waals surface area contributed by atoms with Gasteiger partial charge in [0.05, 0.1) is 5.54 Å². The molecule has 3 nitrogen and oxygen atoms in total. The standard InChI is InChI=1S/C9H16ClN3/c1-4-9(2,7-10)12-8-11-5-6-13(8)3/h5-6H,4,7H2,1-3H3,(H,11,12). The highest BCUT2D eigenvalue weighted by atomic mass is 35.5. The molecule has 1 rings (SSSR count). The summed E-state index contributed by atoms with van der Waals surface area (Å²) >= 11 is 5.88. The molecule has 0 aromatic carbocycles. The average molecular weight is 202 g/mol. The highest BCUT2D eigenvalue weighted by Crippen LogP contribution is 2.17. The van der Waals surface area contributed by atoms with E-state index in [-0.39, 0.29) is 5.54 Å². The Kier molecular flexibility index (Phi) is 3.20. The zero-order chi connectivity index (χ0) is 9.90. The number of hydrogen-bond acceptors (Lipinski definition) is 2. The van der Waals surface area contributed by atoms with Crippen molar-refractivity contribution in [2.24, 2.45) is 7.05 Å². The van der Waals surface area contributed by atoms with E-state index in [1.165, 1.54) is 0 Å². The third-order valence-electron chi connectivity index (χ3n) is 2.31. The van der Waals surface area contributed by atoms with E-state index in [1.807, 2.05) is 17.8 Å². The molecule has 1 aromatic rings. The molecule has 0 aliphatic rings. The lowest BCUT2D eigenvalue weighted by molar-refractivity contribution is 0.545. The maximum Gasteiger partial charge on any atom is 0.202 e. The second-order valence-electron chi connectivity index (χ2n) is 3.53. The van der Waals surface area contributed by atoms with Crippen LogP contribution in [0.25, 0.3) is 0 Å². The molecule has 0 spiro atoms. The summed E-state index contributed by atoms with van der Waals surface area (Å²) in [7, 11) is 1.96. The zero-order valence-electron chi connectivity index (χ0n) is 8.34. The van der Waals surface area contributed by atoms with E-state index in [2.05, 4.69) is 24.1 Å². The molecule has 1 aromatic heterocycles. The first kappa shape index (κ1) is 10.4. The fourth-order valence-corrected chi connectivity index (χ4v) is 1.23. The fraction of sp³-hybridized carbons (Fsp3) is 0.667. The van der Waals surface area contributed by atoms with Crippen molar-refractivity contribution >= 4 is 17.5 Å². The Morgan fingerprint density at radius 3 is 2.77 bits per heavy atom. The van der Waals surface area contributed by atoms with Crippen LogP contribution in [0.4, 0.5) is 5.95 Å². The first-order valence-electron chi connectivity index (χ1n) is 4.43. The van der Waals surface area contributed by atoms with Gasteiger partial charge in [0.25, 0.3) is 0 Å². The van der Waals surface area contributed by atoms with Gasteiger partial charge in [-0.2, -0.15) is 0 Å². The Hall–Kier alpha value is -0.700. The van der Waals surface area contributed by atoms with Gasteiger partial charge in [-0.25, -0.2) is 4.98 Å². The van der Waals surface area contributed by atoms with Gasteiger partial charge in [0.1, 0.15) is 0 Å². The summed E-state index contributed by atoms with van der Waals surface area (Å²) in [6.45, 7) is 4.20. The number of alkyl halides is 1. The molecule has 1 heterocycles. The van der Waals surface area contributed by atoms with E-state index >= 15 is 0 Å². The van der Waals surface area contributed by atoms with E-state index in [4.69, 9.17) is 11.6 Å². The minimum atomic E-state index is -0.0688. The normalized spacial score (nSPS) is 15.4. The first-order chi connectivity index (χ1) is 6.11. The summed E-state index contributed by atoms with van der Waals surface area (Å²) in [5.74, 6) is 1.45. The summed E-state index contributed by atoms with van der Waals surface area (Å²) in [6, 6.07) is 0. The second kappa shape index (κ2) is 4.01. The van der Waals surface area contributed by atoms with Crippen LogP contribution in [0.1, 0.15) is 20.3 Å². The average Bonchev–Trinajstić information content (AvgIpc) is 2.52. The molecule has 0 bridgehead atoms. The summed E-state index contributed by atoms with van der Waals surface area (Å²) in [4.78, 5) is 4.19. The number of halogens is 1. The monoisotopic (exact) mass is 201 g/mol. The molecular formula is C9H16ClN3. The minimum Gasteiger partial charge on any atom is -0.349 e. The summed E-state index contributed by atoms with van der Waals surface area (Å²) in [6.07, 6.45) is 4.66. The maximum absolute atomic E-state index is 5.88. The number of nitrogens with one attached hydrogen (secondary N) is 1. The Balaban J connectivity index is 2.73. The Morgan fingerprint density at radius 1 is 1.69 bits per heavy atom. The van der Waals surface area contributed by atoms with Crippen LogP contribution in [0, 0.1) is 0 Å². The van der Waals surface area contributed by atoms with Crippen molar-refractivity contribution in [3.8, 4) is 0 Å². The third kappa shape index (κ3) is 2.37. The van der Waals surface area contributed by atoms with Crippen molar-refractivity contribution < 1.29 is 0 Å². The minimum absolute atomic E-state index is 0.0688. The van der Waals surface area contributed by atoms with Crippen LogP contribution in [0.5, 0.6) is 0 Å². The number of anilines is 1. The molecule has 74 valence electrons. The summed E-state index contributed by atoms with van der Waals surface area (Å²) < 4.78 is 1.94. The highest BCUT2D eigenvalue weighted by molar-refractivity contribution is 6.18. The van der Waals surface area contributed by atoms with Crippen molar-refractivity contribution in [2.45, 2.75) is 25.8 Å². The van der Waals surface area contributed by atoms with Crippen molar-refractivity contribution in [1.29, 1.82) is 0 Å². The van der Waals surface area contributed by atoms with Crippen LogP contribution in [-0.4, -0.2) is 21.0 Å². The fourth-order valence-electron chi connectivity index (χ4n) is 0.972. The lowest BCUT2D eigenvalue weighted by Crippen LogP contribution is -2.36. The molecule has 1 atom stereocenters. The van der Waals surface area contributed by atoms with Crippen molar-refractivity contribution in [1.82, 2.24) is 9.55 Å². The van der Waals surface area contributed by atoms with Gasteiger partial charge in [-0.1, -0.05) is 6.92 Å². The van der Waals surface area contributed by atoms with Gasteiger partial charge in [0.2, 0.25) is 5.95 Å². The summed E-state index contributed by atoms with van der Waals surface area (Å²) in [5.41, 5.74) is -0.0688. The number of aryl methyl sites for hydroxylation is 1. The van der Waals surface area contributed by atoms with Gasteiger partial charge in [0, 0.05) is 25.3 Å². The van der Waals surface area contributed by atoms with Crippen LogP contribution >= 0.6 is 11.6 Å². The number of aromatic nitrogens is 2. The van der Waals surface area contributed by atoms with Crippen molar-refractivity contribution in [3.63, 3.8) is 0 Å². The molecule has 0 saturated carbocycles.